The lowest BCUT2D eigenvalue weighted by atomic mass is 10.1. The van der Waals surface area contributed by atoms with Crippen LogP contribution in [0.1, 0.15) is 5.56 Å². The van der Waals surface area contributed by atoms with Gasteiger partial charge in [-0.3, -0.25) is 5.32 Å². The van der Waals surface area contributed by atoms with Crippen molar-refractivity contribution in [2.24, 2.45) is 0 Å². The molecule has 0 spiro atoms. The summed E-state index contributed by atoms with van der Waals surface area (Å²) in [6.45, 7) is 2.03. The van der Waals surface area contributed by atoms with E-state index in [9.17, 15) is 0 Å². The summed E-state index contributed by atoms with van der Waals surface area (Å²) in [6.07, 6.45) is 3.26. The number of hydrogen-bond donors (Lipinski definition) is 1. The molecule has 0 fully saturated rings. The lowest BCUT2D eigenvalue weighted by Crippen LogP contribution is -1.95. The molecule has 0 amide bonds. The number of anilines is 2. The van der Waals surface area contributed by atoms with Crippen molar-refractivity contribution in [2.75, 3.05) is 5.32 Å². The molecule has 0 bridgehead atoms. The van der Waals surface area contributed by atoms with Crippen LogP contribution in [0.15, 0.2) is 47.1 Å². The van der Waals surface area contributed by atoms with Crippen LogP contribution < -0.4 is 5.32 Å². The number of aryl methyl sites for hydroxylation is 1. The summed E-state index contributed by atoms with van der Waals surface area (Å²) in [7, 11) is 0. The minimum Gasteiger partial charge on any atom is -0.403 e. The normalized spacial score (nSPS) is 10.4. The van der Waals surface area contributed by atoms with Crippen molar-refractivity contribution in [3.63, 3.8) is 0 Å². The Bertz CT molecular complexity index is 663. The molecule has 0 atom stereocenters. The number of rotatable bonds is 3. The number of nitrogens with one attached hydrogen (secondary N) is 1. The molecular formula is C13H11N5O. The molecule has 3 aromatic rings. The summed E-state index contributed by atoms with van der Waals surface area (Å²) in [5, 5.41) is 10.7. The summed E-state index contributed by atoms with van der Waals surface area (Å²) in [6, 6.07) is 9.86. The zero-order valence-electron chi connectivity index (χ0n) is 10.2. The molecule has 0 saturated carbocycles. The Morgan fingerprint density at radius 3 is 2.47 bits per heavy atom. The van der Waals surface area contributed by atoms with Crippen molar-refractivity contribution in [3.05, 3.63) is 48.3 Å². The van der Waals surface area contributed by atoms with E-state index in [4.69, 9.17) is 4.42 Å². The van der Waals surface area contributed by atoms with Crippen molar-refractivity contribution < 1.29 is 4.42 Å². The topological polar surface area (TPSA) is 76.7 Å². The molecule has 94 valence electrons. The first kappa shape index (κ1) is 11.3. The van der Waals surface area contributed by atoms with Crippen LogP contribution in [0.4, 0.5) is 12.0 Å². The zero-order valence-corrected chi connectivity index (χ0v) is 10.2. The zero-order chi connectivity index (χ0) is 13.1. The quantitative estimate of drug-likeness (QED) is 0.773. The molecule has 2 heterocycles. The molecule has 3 rings (SSSR count). The van der Waals surface area contributed by atoms with Crippen molar-refractivity contribution >= 4 is 12.0 Å². The largest absolute Gasteiger partial charge is 0.403 e. The average molecular weight is 253 g/mol. The highest BCUT2D eigenvalue weighted by molar-refractivity contribution is 5.54. The lowest BCUT2D eigenvalue weighted by molar-refractivity contribution is 0.586. The van der Waals surface area contributed by atoms with Gasteiger partial charge in [0.2, 0.25) is 11.8 Å². The third-order valence-electron chi connectivity index (χ3n) is 2.51. The maximum absolute atomic E-state index is 5.50. The van der Waals surface area contributed by atoms with Gasteiger partial charge in [0.05, 0.1) is 0 Å². The summed E-state index contributed by atoms with van der Waals surface area (Å²) < 4.78 is 5.50. The second-order valence-corrected chi connectivity index (χ2v) is 3.98. The van der Waals surface area contributed by atoms with Crippen LogP contribution in [0.2, 0.25) is 0 Å². The van der Waals surface area contributed by atoms with E-state index in [-0.39, 0.29) is 6.01 Å². The summed E-state index contributed by atoms with van der Waals surface area (Å²) >= 11 is 0. The Hall–Kier alpha value is -2.76. The second-order valence-electron chi connectivity index (χ2n) is 3.98. The van der Waals surface area contributed by atoms with Gasteiger partial charge in [0.1, 0.15) is 0 Å². The van der Waals surface area contributed by atoms with E-state index >= 15 is 0 Å². The van der Waals surface area contributed by atoms with Gasteiger partial charge < -0.3 is 4.42 Å². The van der Waals surface area contributed by atoms with Crippen molar-refractivity contribution in [3.8, 4) is 11.5 Å². The van der Waals surface area contributed by atoms with Crippen LogP contribution in [0.3, 0.4) is 0 Å². The third kappa shape index (κ3) is 2.57. The van der Waals surface area contributed by atoms with Gasteiger partial charge in [0.15, 0.2) is 0 Å². The lowest BCUT2D eigenvalue weighted by Gasteiger charge is -1.97. The highest BCUT2D eigenvalue weighted by atomic mass is 16.4. The molecule has 0 aliphatic heterocycles. The average Bonchev–Trinajstić information content (AvgIpc) is 2.89. The molecule has 19 heavy (non-hydrogen) atoms. The number of nitrogens with zero attached hydrogens (tertiary/aromatic N) is 4. The molecule has 0 aliphatic carbocycles. The van der Waals surface area contributed by atoms with E-state index in [1.54, 1.807) is 18.5 Å². The minimum atomic E-state index is 0.266. The van der Waals surface area contributed by atoms with Crippen LogP contribution in [0.25, 0.3) is 11.5 Å². The third-order valence-corrected chi connectivity index (χ3v) is 2.51. The number of hydrogen-bond acceptors (Lipinski definition) is 6. The summed E-state index contributed by atoms with van der Waals surface area (Å²) in [5.74, 6) is 0.875. The Morgan fingerprint density at radius 1 is 1.00 bits per heavy atom. The van der Waals surface area contributed by atoms with Gasteiger partial charge in [-0.25, -0.2) is 9.97 Å². The molecule has 2 aromatic heterocycles. The van der Waals surface area contributed by atoms with Gasteiger partial charge >= 0.3 is 6.01 Å². The first-order valence-corrected chi connectivity index (χ1v) is 5.76. The first-order valence-electron chi connectivity index (χ1n) is 5.76. The summed E-state index contributed by atoms with van der Waals surface area (Å²) in [4.78, 5) is 8.04. The smallest absolute Gasteiger partial charge is 0.322 e. The molecule has 0 radical (unpaired) electrons. The van der Waals surface area contributed by atoms with Gasteiger partial charge in [-0.1, -0.05) is 22.8 Å². The van der Waals surface area contributed by atoms with E-state index in [1.807, 2.05) is 31.2 Å². The van der Waals surface area contributed by atoms with Crippen LogP contribution in [0, 0.1) is 6.92 Å². The van der Waals surface area contributed by atoms with E-state index in [1.165, 1.54) is 5.56 Å². The Balaban J connectivity index is 1.82. The standard InChI is InChI=1S/C13H11N5O/c1-9-3-5-10(6-4-9)11-17-18-13(19-11)16-12-14-7-2-8-15-12/h2-8H,1H3,(H,14,15,16,18). The maximum Gasteiger partial charge on any atom is 0.322 e. The Morgan fingerprint density at radius 2 is 1.74 bits per heavy atom. The van der Waals surface area contributed by atoms with E-state index < -0.39 is 0 Å². The minimum absolute atomic E-state index is 0.266. The second kappa shape index (κ2) is 4.85. The van der Waals surface area contributed by atoms with Gasteiger partial charge in [-0.2, -0.15) is 0 Å². The molecular weight excluding hydrogens is 242 g/mol. The molecule has 0 unspecified atom stereocenters. The Labute approximate surface area is 109 Å². The SMILES string of the molecule is Cc1ccc(-c2nnc(Nc3ncccn3)o2)cc1. The van der Waals surface area contributed by atoms with Gasteiger partial charge in [-0.15, -0.1) is 5.10 Å². The van der Waals surface area contributed by atoms with Gasteiger partial charge in [0, 0.05) is 18.0 Å². The highest BCUT2D eigenvalue weighted by Gasteiger charge is 2.08. The number of benzene rings is 1. The van der Waals surface area contributed by atoms with Crippen molar-refractivity contribution in [1.82, 2.24) is 20.2 Å². The molecule has 6 nitrogen and oxygen atoms in total. The Kier molecular flexibility index (Phi) is 2.89. The van der Waals surface area contributed by atoms with Crippen molar-refractivity contribution in [2.45, 2.75) is 6.92 Å². The predicted molar refractivity (Wildman–Crippen MR) is 69.8 cm³/mol. The first-order chi connectivity index (χ1) is 9.31. The maximum atomic E-state index is 5.50. The van der Waals surface area contributed by atoms with Crippen LogP contribution in [-0.2, 0) is 0 Å². The van der Waals surface area contributed by atoms with Crippen LogP contribution >= 0.6 is 0 Å². The molecule has 0 aliphatic rings. The molecule has 6 heteroatoms. The predicted octanol–water partition coefficient (Wildman–Crippen LogP) is 2.58. The van der Waals surface area contributed by atoms with Gasteiger partial charge in [0.25, 0.3) is 0 Å². The van der Waals surface area contributed by atoms with E-state index in [0.29, 0.717) is 11.8 Å². The molecule has 1 N–H and O–H groups in total. The number of aromatic nitrogens is 4. The van der Waals surface area contributed by atoms with E-state index in [0.717, 1.165) is 5.56 Å². The van der Waals surface area contributed by atoms with Gasteiger partial charge in [-0.05, 0) is 25.1 Å². The fourth-order valence-electron chi connectivity index (χ4n) is 1.55. The summed E-state index contributed by atoms with van der Waals surface area (Å²) in [5.41, 5.74) is 2.06. The van der Waals surface area contributed by atoms with Crippen LogP contribution in [0.5, 0.6) is 0 Å². The fraction of sp³-hybridized carbons (Fsp3) is 0.0769. The highest BCUT2D eigenvalue weighted by Crippen LogP contribution is 2.21. The monoisotopic (exact) mass is 253 g/mol. The fourth-order valence-corrected chi connectivity index (χ4v) is 1.55. The van der Waals surface area contributed by atoms with Crippen LogP contribution in [-0.4, -0.2) is 20.2 Å². The molecule has 1 aromatic carbocycles. The van der Waals surface area contributed by atoms with Crippen molar-refractivity contribution in [1.29, 1.82) is 0 Å². The van der Waals surface area contributed by atoms with E-state index in [2.05, 4.69) is 25.5 Å². The molecule has 0 saturated heterocycles.